The van der Waals surface area contributed by atoms with E-state index < -0.39 is 12.1 Å². The van der Waals surface area contributed by atoms with Crippen molar-refractivity contribution in [3.63, 3.8) is 0 Å². The minimum Gasteiger partial charge on any atom is -0.388 e. The lowest BCUT2D eigenvalue weighted by Gasteiger charge is -2.34. The lowest BCUT2D eigenvalue weighted by molar-refractivity contribution is -0.227. The van der Waals surface area contributed by atoms with Gasteiger partial charge in [0.2, 0.25) is 0 Å². The number of nitrogens with zero attached hydrogens (tertiary/aromatic N) is 1. The highest BCUT2D eigenvalue weighted by Gasteiger charge is 2.35. The summed E-state index contributed by atoms with van der Waals surface area (Å²) < 4.78 is 0. The molecule has 0 spiro atoms. The van der Waals surface area contributed by atoms with Crippen LogP contribution in [0.1, 0.15) is 13.8 Å². The van der Waals surface area contributed by atoms with Gasteiger partial charge in [-0.05, 0) is 13.8 Å². The standard InChI is InChI=1S/C7H14N2O3/c1-4(2)9-7(11)6(8)5(10)3-12-9/h4-6,10H,3,8H2,1-2H3/t5-,6+/m0/s1. The van der Waals surface area contributed by atoms with Crippen molar-refractivity contribution < 1.29 is 14.7 Å². The van der Waals surface area contributed by atoms with E-state index in [9.17, 15) is 4.79 Å². The van der Waals surface area contributed by atoms with Crippen LogP contribution < -0.4 is 5.73 Å². The molecule has 0 unspecified atom stereocenters. The van der Waals surface area contributed by atoms with Crippen molar-refractivity contribution in [1.29, 1.82) is 0 Å². The number of hydroxylamine groups is 2. The fraction of sp³-hybridized carbons (Fsp3) is 0.857. The molecule has 2 atom stereocenters. The van der Waals surface area contributed by atoms with Crippen LogP contribution in [0.2, 0.25) is 0 Å². The van der Waals surface area contributed by atoms with Crippen LogP contribution in [0.4, 0.5) is 0 Å². The fourth-order valence-electron chi connectivity index (χ4n) is 1.04. The fourth-order valence-corrected chi connectivity index (χ4v) is 1.04. The van der Waals surface area contributed by atoms with Crippen molar-refractivity contribution in [3.8, 4) is 0 Å². The van der Waals surface area contributed by atoms with E-state index in [0.29, 0.717) is 0 Å². The summed E-state index contributed by atoms with van der Waals surface area (Å²) in [5.74, 6) is -0.358. The molecule has 0 aromatic heterocycles. The minimum atomic E-state index is -0.882. The van der Waals surface area contributed by atoms with E-state index >= 15 is 0 Å². The zero-order chi connectivity index (χ0) is 9.30. The molecule has 5 heteroatoms. The maximum absolute atomic E-state index is 11.3. The summed E-state index contributed by atoms with van der Waals surface area (Å²) in [7, 11) is 0. The molecule has 1 heterocycles. The van der Waals surface area contributed by atoms with Crippen molar-refractivity contribution in [3.05, 3.63) is 0 Å². The number of hydrogen-bond acceptors (Lipinski definition) is 4. The van der Waals surface area contributed by atoms with Gasteiger partial charge in [-0.1, -0.05) is 0 Å². The average molecular weight is 174 g/mol. The van der Waals surface area contributed by atoms with E-state index in [1.165, 1.54) is 5.06 Å². The quantitative estimate of drug-likeness (QED) is 0.526. The second-order valence-corrected chi connectivity index (χ2v) is 3.15. The van der Waals surface area contributed by atoms with Crippen molar-refractivity contribution in [2.45, 2.75) is 32.0 Å². The predicted octanol–water partition coefficient (Wildman–Crippen LogP) is -1.14. The van der Waals surface area contributed by atoms with Gasteiger partial charge in [-0.3, -0.25) is 9.63 Å². The molecule has 0 bridgehead atoms. The molecule has 1 rings (SSSR count). The van der Waals surface area contributed by atoms with Gasteiger partial charge in [0.25, 0.3) is 5.91 Å². The van der Waals surface area contributed by atoms with Crippen molar-refractivity contribution >= 4 is 5.91 Å². The van der Waals surface area contributed by atoms with E-state index in [-0.39, 0.29) is 18.6 Å². The molecule has 5 nitrogen and oxygen atoms in total. The van der Waals surface area contributed by atoms with Crippen LogP contribution in [-0.4, -0.2) is 40.9 Å². The number of aliphatic hydroxyl groups is 1. The van der Waals surface area contributed by atoms with Crippen molar-refractivity contribution in [2.24, 2.45) is 5.73 Å². The van der Waals surface area contributed by atoms with E-state index in [1.807, 2.05) is 13.8 Å². The van der Waals surface area contributed by atoms with Crippen LogP contribution in [0, 0.1) is 0 Å². The van der Waals surface area contributed by atoms with Gasteiger partial charge in [0.05, 0.1) is 6.04 Å². The monoisotopic (exact) mass is 174 g/mol. The molecule has 1 aliphatic rings. The Hall–Kier alpha value is -0.650. The Morgan fingerprint density at radius 1 is 1.75 bits per heavy atom. The summed E-state index contributed by atoms with van der Waals surface area (Å²) in [6.45, 7) is 3.73. The smallest absolute Gasteiger partial charge is 0.266 e. The van der Waals surface area contributed by atoms with Crippen molar-refractivity contribution in [2.75, 3.05) is 6.61 Å². The van der Waals surface area contributed by atoms with Gasteiger partial charge in [0.1, 0.15) is 18.8 Å². The lowest BCUT2D eigenvalue weighted by Crippen LogP contribution is -2.58. The number of hydrogen-bond donors (Lipinski definition) is 2. The lowest BCUT2D eigenvalue weighted by atomic mass is 10.1. The maximum atomic E-state index is 11.3. The average Bonchev–Trinajstić information content (AvgIpc) is 2.00. The van der Waals surface area contributed by atoms with Crippen LogP contribution in [0.15, 0.2) is 0 Å². The third-order valence-corrected chi connectivity index (χ3v) is 1.77. The molecule has 0 radical (unpaired) electrons. The van der Waals surface area contributed by atoms with E-state index in [1.54, 1.807) is 0 Å². The zero-order valence-corrected chi connectivity index (χ0v) is 7.23. The zero-order valence-electron chi connectivity index (χ0n) is 7.23. The molecule has 1 amide bonds. The predicted molar refractivity (Wildman–Crippen MR) is 41.9 cm³/mol. The summed E-state index contributed by atoms with van der Waals surface area (Å²) in [5, 5.41) is 10.4. The second kappa shape index (κ2) is 3.38. The van der Waals surface area contributed by atoms with Crippen LogP contribution in [0.5, 0.6) is 0 Å². The van der Waals surface area contributed by atoms with E-state index in [4.69, 9.17) is 15.7 Å². The molecule has 70 valence electrons. The third-order valence-electron chi connectivity index (χ3n) is 1.77. The third kappa shape index (κ3) is 1.57. The van der Waals surface area contributed by atoms with Crippen LogP contribution in [-0.2, 0) is 9.63 Å². The SMILES string of the molecule is CC(C)N1OC[C@H](O)[C@@H](N)C1=O. The van der Waals surface area contributed by atoms with Gasteiger partial charge in [-0.25, -0.2) is 5.06 Å². The highest BCUT2D eigenvalue weighted by atomic mass is 16.7. The highest BCUT2D eigenvalue weighted by Crippen LogP contribution is 2.11. The molecule has 12 heavy (non-hydrogen) atoms. The van der Waals surface area contributed by atoms with Crippen molar-refractivity contribution in [1.82, 2.24) is 5.06 Å². The Morgan fingerprint density at radius 2 is 2.33 bits per heavy atom. The van der Waals surface area contributed by atoms with Gasteiger partial charge >= 0.3 is 0 Å². The molecule has 3 N–H and O–H groups in total. The number of rotatable bonds is 1. The maximum Gasteiger partial charge on any atom is 0.266 e. The number of amides is 1. The Bertz CT molecular complexity index is 183. The molecule has 1 aliphatic heterocycles. The van der Waals surface area contributed by atoms with Crippen LogP contribution in [0.3, 0.4) is 0 Å². The number of carbonyl (C=O) groups is 1. The summed E-state index contributed by atoms with van der Waals surface area (Å²) in [4.78, 5) is 16.3. The number of nitrogens with two attached hydrogens (primary N) is 1. The Kier molecular flexibility index (Phi) is 2.66. The Labute approximate surface area is 71.0 Å². The molecular weight excluding hydrogens is 160 g/mol. The van der Waals surface area contributed by atoms with E-state index in [0.717, 1.165) is 0 Å². The molecular formula is C7H14N2O3. The molecule has 0 aliphatic carbocycles. The summed E-state index contributed by atoms with van der Waals surface area (Å²) in [6, 6.07) is -0.891. The highest BCUT2D eigenvalue weighted by molar-refractivity contribution is 5.82. The minimum absolute atomic E-state index is 0.0453. The first kappa shape index (κ1) is 9.44. The van der Waals surface area contributed by atoms with Gasteiger partial charge in [-0.15, -0.1) is 0 Å². The number of aliphatic hydroxyl groups excluding tert-OH is 1. The van der Waals surface area contributed by atoms with Gasteiger partial charge in [0, 0.05) is 0 Å². The second-order valence-electron chi connectivity index (χ2n) is 3.15. The topological polar surface area (TPSA) is 75.8 Å². The van der Waals surface area contributed by atoms with Gasteiger partial charge in [-0.2, -0.15) is 0 Å². The Balaban J connectivity index is 2.65. The molecule has 0 saturated carbocycles. The molecule has 1 fully saturated rings. The van der Waals surface area contributed by atoms with Gasteiger partial charge in [0.15, 0.2) is 0 Å². The van der Waals surface area contributed by atoms with E-state index in [2.05, 4.69) is 0 Å². The first-order valence-electron chi connectivity index (χ1n) is 3.93. The van der Waals surface area contributed by atoms with Crippen LogP contribution in [0.25, 0.3) is 0 Å². The first-order valence-corrected chi connectivity index (χ1v) is 3.93. The van der Waals surface area contributed by atoms with Crippen LogP contribution >= 0.6 is 0 Å². The molecule has 0 aromatic rings. The molecule has 0 aromatic carbocycles. The first-order chi connectivity index (χ1) is 5.54. The molecule has 1 saturated heterocycles. The Morgan fingerprint density at radius 3 is 2.83 bits per heavy atom. The largest absolute Gasteiger partial charge is 0.388 e. The normalized spacial score (nSPS) is 31.4. The summed E-state index contributed by atoms with van der Waals surface area (Å²) >= 11 is 0. The number of carbonyl (C=O) groups excluding carboxylic acids is 1. The van der Waals surface area contributed by atoms with Gasteiger partial charge < -0.3 is 10.8 Å². The summed E-state index contributed by atoms with van der Waals surface area (Å²) in [5.41, 5.74) is 5.43. The summed E-state index contributed by atoms with van der Waals surface area (Å²) in [6.07, 6.45) is -0.882.